The highest BCUT2D eigenvalue weighted by Gasteiger charge is 2.54. The summed E-state index contributed by atoms with van der Waals surface area (Å²) in [5.74, 6) is 1.85. The van der Waals surface area contributed by atoms with Crippen LogP contribution >= 0.6 is 55.1 Å². The second-order valence-corrected chi connectivity index (χ2v) is 15.5. The molecule has 3 atom stereocenters. The van der Waals surface area contributed by atoms with Gasteiger partial charge in [0.2, 0.25) is 0 Å². The fourth-order valence-corrected chi connectivity index (χ4v) is 8.92. The first-order chi connectivity index (χ1) is 11.0. The summed E-state index contributed by atoms with van der Waals surface area (Å²) in [4.78, 5) is 0.240. The number of nitrogens with zero attached hydrogens (tertiary/aromatic N) is 1. The summed E-state index contributed by atoms with van der Waals surface area (Å²) in [5.41, 5.74) is 1.02. The molecule has 0 aliphatic heterocycles. The van der Waals surface area contributed by atoms with Crippen molar-refractivity contribution in [2.45, 2.75) is 32.2 Å². The number of halogens is 4. The lowest BCUT2D eigenvalue weighted by Gasteiger charge is -2.10. The van der Waals surface area contributed by atoms with Crippen molar-refractivity contribution in [2.75, 3.05) is 11.5 Å². The van der Waals surface area contributed by atoms with Gasteiger partial charge in [-0.15, -0.1) is 27.0 Å². The highest BCUT2D eigenvalue weighted by Crippen LogP contribution is 2.58. The molecule has 24 heavy (non-hydrogen) atoms. The molecule has 0 saturated heterocycles. The van der Waals surface area contributed by atoms with Gasteiger partial charge >= 0.3 is 0 Å². The molecule has 0 bridgehead atoms. The van der Waals surface area contributed by atoms with Crippen LogP contribution in [0.2, 0.25) is 0 Å². The third kappa shape index (κ3) is 4.77. The number of alkyl halides is 4. The van der Waals surface area contributed by atoms with Crippen molar-refractivity contribution < 1.29 is 8.42 Å². The van der Waals surface area contributed by atoms with Crippen LogP contribution in [0.5, 0.6) is 0 Å². The van der Waals surface area contributed by atoms with Crippen LogP contribution in [0.25, 0.3) is 0 Å². The minimum Gasteiger partial charge on any atom is -0.199 e. The Kier molecular flexibility index (Phi) is 5.55. The fraction of sp³-hybridized carbons (Fsp3) is 0.600. The maximum Gasteiger partial charge on any atom is 0.287 e. The van der Waals surface area contributed by atoms with Gasteiger partial charge in [0, 0.05) is 17.4 Å². The van der Waals surface area contributed by atoms with E-state index in [1.165, 1.54) is 0 Å². The molecule has 2 saturated carbocycles. The van der Waals surface area contributed by atoms with Crippen molar-refractivity contribution in [3.05, 3.63) is 29.8 Å². The molecule has 3 nitrogen and oxygen atoms in total. The monoisotopic (exact) mass is 535 g/mol. The standard InChI is InChI=1S/C15H17Br2Cl2NO2S2/c1-10-2-4-13(5-3-10)24(21,22)20-23(8-11-6-14(11,16)17)9-12-7-15(12,18)19/h2-5,11-12H,6-9H2,1H3. The molecule has 2 fully saturated rings. The van der Waals surface area contributed by atoms with E-state index in [-0.39, 0.29) is 14.0 Å². The molecule has 2 aliphatic carbocycles. The van der Waals surface area contributed by atoms with Crippen molar-refractivity contribution >= 4 is 75.8 Å². The number of hydrogen-bond acceptors (Lipinski definition) is 2. The van der Waals surface area contributed by atoms with E-state index in [1.54, 1.807) is 24.3 Å². The van der Waals surface area contributed by atoms with Crippen LogP contribution in [0.4, 0.5) is 0 Å². The molecular formula is C15H17Br2Cl2NO2S2. The van der Waals surface area contributed by atoms with E-state index < -0.39 is 25.0 Å². The van der Waals surface area contributed by atoms with Gasteiger partial charge < -0.3 is 0 Å². The number of benzene rings is 1. The van der Waals surface area contributed by atoms with Crippen molar-refractivity contribution in [1.29, 1.82) is 0 Å². The topological polar surface area (TPSA) is 46.5 Å². The quantitative estimate of drug-likeness (QED) is 0.469. The Labute approximate surface area is 172 Å². The van der Waals surface area contributed by atoms with E-state index in [0.29, 0.717) is 18.1 Å². The van der Waals surface area contributed by atoms with Gasteiger partial charge in [-0.3, -0.25) is 0 Å². The van der Waals surface area contributed by atoms with Crippen LogP contribution in [-0.4, -0.2) is 27.5 Å². The minimum absolute atomic E-state index is 0.0725. The van der Waals surface area contributed by atoms with Gasteiger partial charge in [-0.05, 0) is 37.8 Å². The zero-order valence-corrected chi connectivity index (χ0v) is 19.2. The summed E-state index contributed by atoms with van der Waals surface area (Å²) in [6, 6.07) is 6.78. The fourth-order valence-electron chi connectivity index (χ4n) is 2.39. The second-order valence-electron chi connectivity index (χ2n) is 6.48. The van der Waals surface area contributed by atoms with Gasteiger partial charge in [-0.25, -0.2) is 0 Å². The third-order valence-electron chi connectivity index (χ3n) is 4.22. The maximum absolute atomic E-state index is 12.6. The second kappa shape index (κ2) is 6.79. The normalized spacial score (nSPS) is 28.5. The average Bonchev–Trinajstić information content (AvgIpc) is 3.24. The van der Waals surface area contributed by atoms with E-state index in [2.05, 4.69) is 35.6 Å². The molecular weight excluding hydrogens is 521 g/mol. The summed E-state index contributed by atoms with van der Waals surface area (Å²) in [7, 11) is -4.29. The number of hydrogen-bond donors (Lipinski definition) is 0. The highest BCUT2D eigenvalue weighted by molar-refractivity contribution is 9.25. The molecule has 1 aromatic rings. The Morgan fingerprint density at radius 3 is 2.12 bits per heavy atom. The van der Waals surface area contributed by atoms with E-state index in [0.717, 1.165) is 17.7 Å². The summed E-state index contributed by atoms with van der Waals surface area (Å²) >= 11 is 19.4. The molecule has 0 aromatic heterocycles. The van der Waals surface area contributed by atoms with Crippen molar-refractivity contribution in [3.8, 4) is 0 Å². The lowest BCUT2D eigenvalue weighted by molar-refractivity contribution is 0.598. The van der Waals surface area contributed by atoms with Crippen LogP contribution in [0.1, 0.15) is 18.4 Å². The molecule has 3 rings (SSSR count). The molecule has 0 spiro atoms. The van der Waals surface area contributed by atoms with Gasteiger partial charge in [0.1, 0.15) is 4.33 Å². The van der Waals surface area contributed by atoms with E-state index in [9.17, 15) is 8.42 Å². The van der Waals surface area contributed by atoms with Crippen LogP contribution in [-0.2, 0) is 20.7 Å². The largest absolute Gasteiger partial charge is 0.287 e. The Balaban J connectivity index is 1.83. The van der Waals surface area contributed by atoms with Crippen LogP contribution in [0.3, 0.4) is 0 Å². The molecule has 0 heterocycles. The van der Waals surface area contributed by atoms with Crippen LogP contribution < -0.4 is 0 Å². The van der Waals surface area contributed by atoms with Crippen molar-refractivity contribution in [1.82, 2.24) is 0 Å². The van der Waals surface area contributed by atoms with Gasteiger partial charge in [0.05, 0.1) is 8.13 Å². The lowest BCUT2D eigenvalue weighted by Crippen LogP contribution is -2.13. The number of sulfonamides is 1. The van der Waals surface area contributed by atoms with Crippen molar-refractivity contribution in [2.24, 2.45) is 15.6 Å². The molecule has 0 amide bonds. The smallest absolute Gasteiger partial charge is 0.199 e. The Bertz CT molecular complexity index is 753. The molecule has 9 heteroatoms. The highest BCUT2D eigenvalue weighted by atomic mass is 79.9. The first-order valence-electron chi connectivity index (χ1n) is 7.47. The molecule has 1 aromatic carbocycles. The van der Waals surface area contributed by atoms with Gasteiger partial charge in [0.15, 0.2) is 0 Å². The minimum atomic E-state index is -3.67. The SMILES string of the molecule is Cc1ccc(S(=O)(=O)/N=S(/CC2CC2(Cl)Cl)CC2CC2(Br)Br)cc1. The summed E-state index contributed by atoms with van der Waals surface area (Å²) in [6.07, 6.45) is 1.67. The molecule has 2 aliphatic rings. The summed E-state index contributed by atoms with van der Waals surface area (Å²) in [5, 5.41) is 0. The predicted molar refractivity (Wildman–Crippen MR) is 109 cm³/mol. The maximum atomic E-state index is 12.6. The van der Waals surface area contributed by atoms with Gasteiger partial charge in [-0.2, -0.15) is 8.42 Å². The number of rotatable bonds is 6. The van der Waals surface area contributed by atoms with Crippen LogP contribution in [0.15, 0.2) is 32.9 Å². The Hall–Kier alpha value is 0.860. The Morgan fingerprint density at radius 1 is 1.17 bits per heavy atom. The number of aryl methyl sites for hydroxylation is 1. The molecule has 134 valence electrons. The Morgan fingerprint density at radius 2 is 1.67 bits per heavy atom. The van der Waals surface area contributed by atoms with Crippen LogP contribution in [0, 0.1) is 18.8 Å². The lowest BCUT2D eigenvalue weighted by atomic mass is 10.2. The summed E-state index contributed by atoms with van der Waals surface area (Å²) in [6.45, 7) is 1.92. The third-order valence-corrected chi connectivity index (χ3v) is 11.2. The summed E-state index contributed by atoms with van der Waals surface area (Å²) < 4.78 is 28.7. The zero-order valence-electron chi connectivity index (χ0n) is 12.9. The van der Waals surface area contributed by atoms with E-state index >= 15 is 0 Å². The molecule has 0 radical (unpaired) electrons. The molecule has 0 N–H and O–H groups in total. The zero-order chi connectivity index (χ0) is 17.8. The van der Waals surface area contributed by atoms with Gasteiger partial charge in [-0.1, -0.05) is 60.2 Å². The molecule has 3 unspecified atom stereocenters. The average molecular weight is 538 g/mol. The van der Waals surface area contributed by atoms with Gasteiger partial charge in [0.25, 0.3) is 10.0 Å². The first-order valence-corrected chi connectivity index (χ1v) is 12.8. The predicted octanol–water partition coefficient (Wildman–Crippen LogP) is 5.19. The van der Waals surface area contributed by atoms with E-state index in [1.807, 2.05) is 6.92 Å². The van der Waals surface area contributed by atoms with E-state index in [4.69, 9.17) is 23.2 Å². The first kappa shape index (κ1) is 19.6. The van der Waals surface area contributed by atoms with Crippen molar-refractivity contribution in [3.63, 3.8) is 0 Å².